The number of sulfone groups is 1. The summed E-state index contributed by atoms with van der Waals surface area (Å²) >= 11 is 3.06. The molecule has 0 saturated heterocycles. The normalized spacial score (nSPS) is 12.5. The van der Waals surface area contributed by atoms with Crippen LogP contribution >= 0.6 is 33.9 Å². The fourth-order valence-electron chi connectivity index (χ4n) is 2.79. The minimum absolute atomic E-state index is 0.0539. The highest BCUT2D eigenvalue weighted by Crippen LogP contribution is 2.33. The van der Waals surface area contributed by atoms with Gasteiger partial charge in [0.1, 0.15) is 5.01 Å². The zero-order chi connectivity index (χ0) is 21.0. The molecule has 0 fully saturated rings. The summed E-state index contributed by atoms with van der Waals surface area (Å²) in [5.41, 5.74) is 2.19. The van der Waals surface area contributed by atoms with Gasteiger partial charge in [0.25, 0.3) is 10.0 Å². The number of aryl methyl sites for hydroxylation is 1. The molecule has 150 valence electrons. The second-order valence-corrected chi connectivity index (χ2v) is 12.6. The molecular weight excluding hydrogens is 545 g/mol. The van der Waals surface area contributed by atoms with Gasteiger partial charge in [-0.3, -0.25) is 0 Å². The lowest BCUT2D eigenvalue weighted by Gasteiger charge is -2.08. The van der Waals surface area contributed by atoms with Crippen molar-refractivity contribution in [1.29, 1.82) is 0 Å². The van der Waals surface area contributed by atoms with E-state index in [0.29, 0.717) is 16.1 Å². The molecule has 0 amide bonds. The predicted molar refractivity (Wildman–Crippen MR) is 120 cm³/mol. The van der Waals surface area contributed by atoms with Gasteiger partial charge in [-0.15, -0.1) is 10.2 Å². The number of fused-ring (bicyclic) bond motifs is 1. The van der Waals surface area contributed by atoms with Crippen molar-refractivity contribution in [2.75, 3.05) is 6.26 Å². The Morgan fingerprint density at radius 3 is 2.31 bits per heavy atom. The highest BCUT2D eigenvalue weighted by atomic mass is 127. The van der Waals surface area contributed by atoms with Gasteiger partial charge in [-0.1, -0.05) is 29.0 Å². The number of aromatic nitrogens is 3. The van der Waals surface area contributed by atoms with E-state index in [1.54, 1.807) is 48.7 Å². The van der Waals surface area contributed by atoms with Gasteiger partial charge >= 0.3 is 0 Å². The number of nitrogens with zero attached hydrogens (tertiary/aromatic N) is 3. The standard InChI is InChI=1S/C18H14IN3O4S3/c1-11-3-6-13(7-4-11)29(25,26)22-10-15(19)14-9-12(5-8-16(14)22)17-20-21-18(27-17)28(2,23)24/h3-10H,1-2H3. The molecule has 0 aliphatic rings. The Kier molecular flexibility index (Phi) is 5.04. The lowest BCUT2D eigenvalue weighted by atomic mass is 10.2. The third-order valence-corrected chi connectivity index (χ3v) is 9.46. The van der Waals surface area contributed by atoms with Crippen LogP contribution in [0.15, 0.2) is 57.9 Å². The molecule has 0 bridgehead atoms. The zero-order valence-electron chi connectivity index (χ0n) is 15.2. The molecule has 2 heterocycles. The molecule has 4 aromatic rings. The van der Waals surface area contributed by atoms with Gasteiger partial charge in [-0.2, -0.15) is 0 Å². The van der Waals surface area contributed by atoms with Crippen molar-refractivity contribution in [3.63, 3.8) is 0 Å². The van der Waals surface area contributed by atoms with Gasteiger partial charge in [0.2, 0.25) is 14.2 Å². The Balaban J connectivity index is 1.84. The Labute approximate surface area is 185 Å². The first kappa shape index (κ1) is 20.4. The summed E-state index contributed by atoms with van der Waals surface area (Å²) in [5, 5.41) is 8.88. The summed E-state index contributed by atoms with van der Waals surface area (Å²) in [4.78, 5) is 0.211. The van der Waals surface area contributed by atoms with E-state index in [-0.39, 0.29) is 9.24 Å². The van der Waals surface area contributed by atoms with Crippen molar-refractivity contribution in [2.24, 2.45) is 0 Å². The molecule has 0 N–H and O–H groups in total. The van der Waals surface area contributed by atoms with Crippen molar-refractivity contribution in [1.82, 2.24) is 14.2 Å². The molecule has 2 aromatic heterocycles. The zero-order valence-corrected chi connectivity index (χ0v) is 19.8. The van der Waals surface area contributed by atoms with E-state index < -0.39 is 19.9 Å². The fraction of sp³-hybridized carbons (Fsp3) is 0.111. The number of hydrogen-bond acceptors (Lipinski definition) is 7. The van der Waals surface area contributed by atoms with Crippen LogP contribution in [0.4, 0.5) is 0 Å². The molecule has 0 radical (unpaired) electrons. The monoisotopic (exact) mass is 559 g/mol. The molecule has 7 nitrogen and oxygen atoms in total. The minimum atomic E-state index is -3.75. The second kappa shape index (κ2) is 7.15. The lowest BCUT2D eigenvalue weighted by Crippen LogP contribution is -2.11. The van der Waals surface area contributed by atoms with Crippen molar-refractivity contribution >= 4 is 64.7 Å². The topological polar surface area (TPSA) is 99.0 Å². The minimum Gasteiger partial charge on any atom is -0.240 e. The molecule has 0 spiro atoms. The van der Waals surface area contributed by atoms with Gasteiger partial charge in [0, 0.05) is 27.0 Å². The lowest BCUT2D eigenvalue weighted by molar-refractivity contribution is 0.588. The molecule has 29 heavy (non-hydrogen) atoms. The smallest absolute Gasteiger partial charge is 0.240 e. The van der Waals surface area contributed by atoms with Crippen LogP contribution in [0.5, 0.6) is 0 Å². The third-order valence-electron chi connectivity index (χ3n) is 4.27. The van der Waals surface area contributed by atoms with Gasteiger partial charge in [0.05, 0.1) is 10.4 Å². The van der Waals surface area contributed by atoms with E-state index in [1.807, 2.05) is 6.92 Å². The summed E-state index contributed by atoms with van der Waals surface area (Å²) in [6, 6.07) is 11.9. The summed E-state index contributed by atoms with van der Waals surface area (Å²) in [7, 11) is -7.18. The van der Waals surface area contributed by atoms with Crippen LogP contribution in [0.3, 0.4) is 0 Å². The second-order valence-electron chi connectivity index (χ2n) is 6.47. The molecule has 0 saturated carbocycles. The van der Waals surface area contributed by atoms with E-state index in [2.05, 4.69) is 32.8 Å². The summed E-state index contributed by atoms with van der Waals surface area (Å²) in [6.45, 7) is 1.90. The van der Waals surface area contributed by atoms with Crippen LogP contribution in [0.25, 0.3) is 21.5 Å². The molecule has 0 aliphatic heterocycles. The number of hydrogen-bond donors (Lipinski definition) is 0. The number of halogens is 1. The van der Waals surface area contributed by atoms with Crippen LogP contribution in [-0.4, -0.2) is 37.3 Å². The van der Waals surface area contributed by atoms with Crippen LogP contribution < -0.4 is 0 Å². The average molecular weight is 559 g/mol. The maximum Gasteiger partial charge on any atom is 0.268 e. The SMILES string of the molecule is Cc1ccc(S(=O)(=O)n2cc(I)c3cc(-c4nnc(S(C)(=O)=O)s4)ccc32)cc1. The Hall–Kier alpha value is -1.83. The third kappa shape index (κ3) is 3.71. The number of rotatable bonds is 4. The van der Waals surface area contributed by atoms with Crippen LogP contribution in [0, 0.1) is 10.5 Å². The molecule has 4 rings (SSSR count). The first-order valence-corrected chi connectivity index (χ1v) is 13.5. The van der Waals surface area contributed by atoms with E-state index in [0.717, 1.165) is 32.1 Å². The molecule has 11 heteroatoms. The molecule has 2 aromatic carbocycles. The molecule has 0 atom stereocenters. The predicted octanol–water partition coefficient (Wildman–Crippen LogP) is 3.71. The van der Waals surface area contributed by atoms with Crippen molar-refractivity contribution in [2.45, 2.75) is 16.2 Å². The van der Waals surface area contributed by atoms with E-state index in [9.17, 15) is 16.8 Å². The van der Waals surface area contributed by atoms with Crippen molar-refractivity contribution in [3.05, 3.63) is 57.8 Å². The Morgan fingerprint density at radius 2 is 1.69 bits per heavy atom. The number of benzene rings is 2. The van der Waals surface area contributed by atoms with Crippen molar-refractivity contribution < 1.29 is 16.8 Å². The Bertz CT molecular complexity index is 1450. The van der Waals surface area contributed by atoms with Crippen LogP contribution in [0.2, 0.25) is 0 Å². The van der Waals surface area contributed by atoms with E-state index in [1.165, 1.54) is 3.97 Å². The van der Waals surface area contributed by atoms with Crippen molar-refractivity contribution in [3.8, 4) is 10.6 Å². The van der Waals surface area contributed by atoms with Crippen LogP contribution in [-0.2, 0) is 19.9 Å². The molecule has 0 aliphatic carbocycles. The average Bonchev–Trinajstić information content (AvgIpc) is 3.27. The van der Waals surface area contributed by atoms with E-state index >= 15 is 0 Å². The summed E-state index contributed by atoms with van der Waals surface area (Å²) in [6.07, 6.45) is 2.66. The quantitative estimate of drug-likeness (QED) is 0.354. The highest BCUT2D eigenvalue weighted by molar-refractivity contribution is 14.1. The van der Waals surface area contributed by atoms with Gasteiger partial charge in [0.15, 0.2) is 0 Å². The maximum absolute atomic E-state index is 13.1. The summed E-state index contributed by atoms with van der Waals surface area (Å²) in [5.74, 6) is 0. The summed E-state index contributed by atoms with van der Waals surface area (Å²) < 4.78 is 51.5. The highest BCUT2D eigenvalue weighted by Gasteiger charge is 2.22. The maximum atomic E-state index is 13.1. The van der Waals surface area contributed by atoms with Gasteiger partial charge in [-0.25, -0.2) is 20.8 Å². The Morgan fingerprint density at radius 1 is 1.00 bits per heavy atom. The largest absolute Gasteiger partial charge is 0.268 e. The first-order chi connectivity index (χ1) is 13.6. The van der Waals surface area contributed by atoms with Gasteiger partial charge in [-0.05, 0) is 59.8 Å². The first-order valence-electron chi connectivity index (χ1n) is 8.24. The molecular formula is C18H14IN3O4S3. The van der Waals surface area contributed by atoms with Gasteiger partial charge < -0.3 is 0 Å². The van der Waals surface area contributed by atoms with E-state index in [4.69, 9.17) is 0 Å². The van der Waals surface area contributed by atoms with Crippen LogP contribution in [0.1, 0.15) is 5.56 Å². The molecule has 0 unspecified atom stereocenters. The fourth-order valence-corrected chi connectivity index (χ4v) is 6.67.